The molecule has 0 spiro atoms. The molecule has 0 saturated carbocycles. The molecule has 1 saturated heterocycles. The largest absolute Gasteiger partial charge is 0.405 e. The third kappa shape index (κ3) is 3.73. The lowest BCUT2D eigenvalue weighted by Crippen LogP contribution is -2.50. The van der Waals surface area contributed by atoms with E-state index in [2.05, 4.69) is 21.4 Å². The average molecular weight is 351 g/mol. The summed E-state index contributed by atoms with van der Waals surface area (Å²) in [6.07, 6.45) is -4.05. The Hall–Kier alpha value is -1.08. The molecule has 1 aromatic rings. The zero-order valence-corrected chi connectivity index (χ0v) is 12.2. The highest BCUT2D eigenvalue weighted by Gasteiger charge is 2.45. The predicted molar refractivity (Wildman–Crippen MR) is 71.8 cm³/mol. The lowest BCUT2D eigenvalue weighted by Gasteiger charge is -2.29. The van der Waals surface area contributed by atoms with E-state index in [-0.39, 0.29) is 31.7 Å². The van der Waals surface area contributed by atoms with Gasteiger partial charge in [0, 0.05) is 17.4 Å². The Morgan fingerprint density at radius 3 is 2.60 bits per heavy atom. The highest BCUT2D eigenvalue weighted by molar-refractivity contribution is 9.10. The van der Waals surface area contributed by atoms with Gasteiger partial charge in [0.2, 0.25) is 5.91 Å². The Morgan fingerprint density at radius 2 is 2.05 bits per heavy atom. The van der Waals surface area contributed by atoms with Crippen molar-refractivity contribution in [1.29, 1.82) is 0 Å². The predicted octanol–water partition coefficient (Wildman–Crippen LogP) is 3.05. The van der Waals surface area contributed by atoms with Gasteiger partial charge in [-0.25, -0.2) is 5.01 Å². The van der Waals surface area contributed by atoms with Crippen LogP contribution in [-0.2, 0) is 11.2 Å². The second kappa shape index (κ2) is 6.13. The number of halogens is 4. The molecule has 20 heavy (non-hydrogen) atoms. The van der Waals surface area contributed by atoms with E-state index in [9.17, 15) is 18.0 Å². The van der Waals surface area contributed by atoms with Gasteiger partial charge in [-0.2, -0.15) is 13.2 Å². The topological polar surface area (TPSA) is 32.3 Å². The Bertz CT molecular complexity index is 493. The van der Waals surface area contributed by atoms with Gasteiger partial charge < -0.3 is 0 Å². The number of benzene rings is 1. The van der Waals surface area contributed by atoms with Crippen molar-refractivity contribution in [2.24, 2.45) is 0 Å². The van der Waals surface area contributed by atoms with Crippen LogP contribution in [0.25, 0.3) is 0 Å². The molecule has 1 atom stereocenters. The van der Waals surface area contributed by atoms with Crippen LogP contribution in [0.2, 0.25) is 0 Å². The zero-order chi connectivity index (χ0) is 14.8. The minimum Gasteiger partial charge on any atom is -0.288 e. The minimum atomic E-state index is -4.36. The van der Waals surface area contributed by atoms with Gasteiger partial charge in [0.1, 0.15) is 6.04 Å². The fourth-order valence-electron chi connectivity index (χ4n) is 2.22. The maximum Gasteiger partial charge on any atom is 0.405 e. The van der Waals surface area contributed by atoms with E-state index in [0.717, 1.165) is 15.0 Å². The summed E-state index contributed by atoms with van der Waals surface area (Å²) >= 11 is 3.33. The number of rotatable bonds is 4. The van der Waals surface area contributed by atoms with Gasteiger partial charge in [-0.15, -0.1) is 0 Å². The number of hydrogen-bond donors (Lipinski definition) is 1. The molecule has 1 aromatic carbocycles. The Balaban J connectivity index is 2.05. The number of carbonyl (C=O) groups excluding carboxylic acids is 1. The summed E-state index contributed by atoms with van der Waals surface area (Å²) < 4.78 is 40.1. The maximum atomic E-state index is 13.1. The van der Waals surface area contributed by atoms with Gasteiger partial charge in [-0.3, -0.25) is 10.2 Å². The first kappa shape index (κ1) is 15.3. The number of carbonyl (C=O) groups is 1. The van der Waals surface area contributed by atoms with Gasteiger partial charge in [0.05, 0.1) is 0 Å². The van der Waals surface area contributed by atoms with Crippen LogP contribution in [0.5, 0.6) is 0 Å². The molecule has 1 N–H and O–H groups in total. The molecule has 110 valence electrons. The lowest BCUT2D eigenvalue weighted by atomic mass is 10.0. The van der Waals surface area contributed by atoms with E-state index in [1.54, 1.807) is 18.2 Å². The monoisotopic (exact) mass is 350 g/mol. The lowest BCUT2D eigenvalue weighted by molar-refractivity contribution is -0.189. The molecule has 1 aliphatic heterocycles. The van der Waals surface area contributed by atoms with Crippen LogP contribution in [0, 0.1) is 0 Å². The van der Waals surface area contributed by atoms with Crippen molar-refractivity contribution in [1.82, 2.24) is 10.4 Å². The Kier molecular flexibility index (Phi) is 4.70. The van der Waals surface area contributed by atoms with E-state index in [1.807, 2.05) is 6.07 Å². The molecule has 1 unspecified atom stereocenters. The molecule has 3 nitrogen and oxygen atoms in total. The summed E-state index contributed by atoms with van der Waals surface area (Å²) in [5.74, 6) is -0.361. The normalized spacial score (nSPS) is 18.1. The Labute approximate surface area is 123 Å². The van der Waals surface area contributed by atoms with Crippen molar-refractivity contribution in [3.63, 3.8) is 0 Å². The highest BCUT2D eigenvalue weighted by Crippen LogP contribution is 2.29. The number of hydrogen-bond acceptors (Lipinski definition) is 2. The Morgan fingerprint density at radius 1 is 1.35 bits per heavy atom. The number of aryl methyl sites for hydroxylation is 1. The molecule has 1 amide bonds. The SMILES string of the molecule is O=C1CCN(C(CCc2ccccc2Br)C(F)(F)F)N1. The molecule has 0 bridgehead atoms. The fraction of sp³-hybridized carbons (Fsp3) is 0.462. The van der Waals surface area contributed by atoms with Gasteiger partial charge in [0.15, 0.2) is 0 Å². The van der Waals surface area contributed by atoms with E-state index in [4.69, 9.17) is 0 Å². The maximum absolute atomic E-state index is 13.1. The van der Waals surface area contributed by atoms with Crippen LogP contribution in [0.15, 0.2) is 28.7 Å². The van der Waals surface area contributed by atoms with Crippen LogP contribution < -0.4 is 5.43 Å². The van der Waals surface area contributed by atoms with E-state index < -0.39 is 12.2 Å². The van der Waals surface area contributed by atoms with Crippen molar-refractivity contribution in [2.45, 2.75) is 31.5 Å². The van der Waals surface area contributed by atoms with E-state index in [1.165, 1.54) is 0 Å². The van der Waals surface area contributed by atoms with Crippen LogP contribution in [-0.4, -0.2) is 29.7 Å². The summed E-state index contributed by atoms with van der Waals surface area (Å²) in [6, 6.07) is 5.55. The van der Waals surface area contributed by atoms with Gasteiger partial charge >= 0.3 is 6.18 Å². The van der Waals surface area contributed by atoms with Crippen LogP contribution in [0.4, 0.5) is 13.2 Å². The summed E-state index contributed by atoms with van der Waals surface area (Å²) in [4.78, 5) is 11.1. The summed E-state index contributed by atoms with van der Waals surface area (Å²) in [5, 5.41) is 0.999. The molecule has 1 heterocycles. The van der Waals surface area contributed by atoms with E-state index >= 15 is 0 Å². The second-order valence-electron chi connectivity index (χ2n) is 4.67. The molecule has 2 rings (SSSR count). The molecular formula is C13H14BrF3N2O. The smallest absolute Gasteiger partial charge is 0.288 e. The summed E-state index contributed by atoms with van der Waals surface area (Å²) in [5.41, 5.74) is 3.10. The van der Waals surface area contributed by atoms with Crippen molar-refractivity contribution in [3.8, 4) is 0 Å². The molecule has 0 aromatic heterocycles. The molecule has 1 fully saturated rings. The number of nitrogens with one attached hydrogen (secondary N) is 1. The third-order valence-corrected chi connectivity index (χ3v) is 4.02. The quantitative estimate of drug-likeness (QED) is 0.905. The molecule has 0 radical (unpaired) electrons. The third-order valence-electron chi connectivity index (χ3n) is 3.25. The number of nitrogens with zero attached hydrogens (tertiary/aromatic N) is 1. The number of amides is 1. The molecule has 0 aliphatic carbocycles. The second-order valence-corrected chi connectivity index (χ2v) is 5.52. The summed E-state index contributed by atoms with van der Waals surface area (Å²) in [6.45, 7) is 0.0962. The van der Waals surface area contributed by atoms with Crippen LogP contribution in [0.1, 0.15) is 18.4 Å². The molecular weight excluding hydrogens is 337 g/mol. The number of alkyl halides is 3. The first-order valence-electron chi connectivity index (χ1n) is 6.24. The first-order valence-corrected chi connectivity index (χ1v) is 7.03. The minimum absolute atomic E-state index is 0.0909. The van der Waals surface area contributed by atoms with Crippen molar-refractivity contribution >= 4 is 21.8 Å². The van der Waals surface area contributed by atoms with Gasteiger partial charge in [0.25, 0.3) is 0 Å². The number of hydrazine groups is 1. The molecule has 1 aliphatic rings. The highest BCUT2D eigenvalue weighted by atomic mass is 79.9. The van der Waals surface area contributed by atoms with Gasteiger partial charge in [-0.05, 0) is 24.5 Å². The van der Waals surface area contributed by atoms with Gasteiger partial charge in [-0.1, -0.05) is 34.1 Å². The van der Waals surface area contributed by atoms with Crippen molar-refractivity contribution in [3.05, 3.63) is 34.3 Å². The standard InChI is InChI=1S/C13H14BrF3N2O/c14-10-4-2-1-3-9(10)5-6-11(13(15,16)17)19-8-7-12(20)18-19/h1-4,11H,5-8H2,(H,18,20). The van der Waals surface area contributed by atoms with Crippen LogP contribution >= 0.6 is 15.9 Å². The molecule has 7 heteroatoms. The van der Waals surface area contributed by atoms with Crippen molar-refractivity contribution in [2.75, 3.05) is 6.54 Å². The average Bonchev–Trinajstić information content (AvgIpc) is 2.76. The first-order chi connectivity index (χ1) is 9.38. The van der Waals surface area contributed by atoms with Crippen molar-refractivity contribution < 1.29 is 18.0 Å². The zero-order valence-electron chi connectivity index (χ0n) is 10.6. The van der Waals surface area contributed by atoms with E-state index in [0.29, 0.717) is 0 Å². The van der Waals surface area contributed by atoms with Crippen LogP contribution in [0.3, 0.4) is 0 Å². The summed E-state index contributed by atoms with van der Waals surface area (Å²) in [7, 11) is 0. The fourth-order valence-corrected chi connectivity index (χ4v) is 2.70.